The third kappa shape index (κ3) is 5.56. The minimum atomic E-state index is -1.02. The molecule has 0 spiro atoms. The van der Waals surface area contributed by atoms with E-state index in [1.165, 1.54) is 6.07 Å². The Morgan fingerprint density at radius 2 is 1.59 bits per heavy atom. The maximum Gasteiger partial charge on any atom is 0.303 e. The van der Waals surface area contributed by atoms with Crippen LogP contribution in [0, 0.1) is 0 Å². The van der Waals surface area contributed by atoms with Gasteiger partial charge in [-0.15, -0.1) is 0 Å². The molecule has 0 radical (unpaired) electrons. The summed E-state index contributed by atoms with van der Waals surface area (Å²) in [5.74, 6) is -0.561. The Labute approximate surface area is 135 Å². The summed E-state index contributed by atoms with van der Waals surface area (Å²) in [4.78, 5) is 22.8. The normalized spacial score (nSPS) is 10.9. The number of carboxylic acids is 1. The van der Waals surface area contributed by atoms with E-state index in [0.29, 0.717) is 16.5 Å². The van der Waals surface area contributed by atoms with Gasteiger partial charge in [-0.2, -0.15) is 0 Å². The predicted octanol–water partition coefficient (Wildman–Crippen LogP) is 3.96. The summed E-state index contributed by atoms with van der Waals surface area (Å²) in [6.07, 6.45) is -0.552. The number of halogens is 1. The molecule has 0 unspecified atom stereocenters. The minimum Gasteiger partial charge on any atom is -0.490 e. The summed E-state index contributed by atoms with van der Waals surface area (Å²) in [6, 6.07) is 3.05. The van der Waals surface area contributed by atoms with Crippen molar-refractivity contribution in [1.29, 1.82) is 0 Å². The predicted molar refractivity (Wildman–Crippen MR) is 84.2 cm³/mol. The number of hydrogen-bond acceptors (Lipinski definition) is 4. The van der Waals surface area contributed by atoms with E-state index in [1.54, 1.807) is 6.07 Å². The number of ketones is 1. The van der Waals surface area contributed by atoms with Crippen LogP contribution in [0.4, 0.5) is 0 Å². The molecular formula is C16H21ClO5. The second-order valence-corrected chi connectivity index (χ2v) is 5.84. The van der Waals surface area contributed by atoms with Crippen LogP contribution in [-0.2, 0) is 4.79 Å². The van der Waals surface area contributed by atoms with Gasteiger partial charge >= 0.3 is 5.97 Å². The molecule has 1 aromatic rings. The van der Waals surface area contributed by atoms with E-state index in [0.717, 1.165) is 0 Å². The minimum absolute atomic E-state index is 0.0713. The lowest BCUT2D eigenvalue weighted by Crippen LogP contribution is -2.12. The maximum atomic E-state index is 12.2. The highest BCUT2D eigenvalue weighted by Crippen LogP contribution is 2.34. The smallest absolute Gasteiger partial charge is 0.303 e. The zero-order chi connectivity index (χ0) is 16.9. The molecule has 6 heteroatoms. The van der Waals surface area contributed by atoms with Gasteiger partial charge < -0.3 is 14.6 Å². The largest absolute Gasteiger partial charge is 0.490 e. The Morgan fingerprint density at radius 1 is 1.05 bits per heavy atom. The van der Waals surface area contributed by atoms with Gasteiger partial charge in [0.1, 0.15) is 11.5 Å². The van der Waals surface area contributed by atoms with E-state index in [-0.39, 0.29) is 36.4 Å². The zero-order valence-electron chi connectivity index (χ0n) is 13.2. The van der Waals surface area contributed by atoms with Crippen LogP contribution in [0.3, 0.4) is 0 Å². The average Bonchev–Trinajstić information content (AvgIpc) is 2.38. The first kappa shape index (κ1) is 18.3. The number of rotatable bonds is 8. The lowest BCUT2D eigenvalue weighted by Gasteiger charge is -2.18. The first-order valence-corrected chi connectivity index (χ1v) is 7.50. The van der Waals surface area contributed by atoms with Crippen LogP contribution in [0.2, 0.25) is 5.02 Å². The topological polar surface area (TPSA) is 72.8 Å². The summed E-state index contributed by atoms with van der Waals surface area (Å²) >= 11 is 6.14. The van der Waals surface area contributed by atoms with E-state index < -0.39 is 5.97 Å². The molecule has 1 aromatic carbocycles. The van der Waals surface area contributed by atoms with E-state index in [2.05, 4.69) is 0 Å². The Balaban J connectivity index is 3.15. The van der Waals surface area contributed by atoms with Crippen molar-refractivity contribution < 1.29 is 24.2 Å². The quantitative estimate of drug-likeness (QED) is 0.731. The van der Waals surface area contributed by atoms with Crippen molar-refractivity contribution in [2.75, 3.05) is 0 Å². The summed E-state index contributed by atoms with van der Waals surface area (Å²) < 4.78 is 11.2. The van der Waals surface area contributed by atoms with Crippen LogP contribution in [0.5, 0.6) is 11.5 Å². The van der Waals surface area contributed by atoms with Crippen LogP contribution in [-0.4, -0.2) is 29.1 Å². The Morgan fingerprint density at radius 3 is 2.09 bits per heavy atom. The number of carboxylic acid groups (broad SMARTS) is 1. The average molecular weight is 329 g/mol. The molecule has 0 bridgehead atoms. The fourth-order valence-corrected chi connectivity index (χ4v) is 2.01. The van der Waals surface area contributed by atoms with Gasteiger partial charge in [0.15, 0.2) is 5.78 Å². The summed E-state index contributed by atoms with van der Waals surface area (Å²) in [7, 11) is 0. The molecule has 0 saturated carbocycles. The fraction of sp³-hybridized carbons (Fsp3) is 0.500. The third-order valence-electron chi connectivity index (χ3n) is 2.63. The van der Waals surface area contributed by atoms with Crippen LogP contribution < -0.4 is 9.47 Å². The van der Waals surface area contributed by atoms with E-state index >= 15 is 0 Å². The van der Waals surface area contributed by atoms with Crippen molar-refractivity contribution in [3.63, 3.8) is 0 Å². The molecule has 122 valence electrons. The molecule has 0 heterocycles. The highest BCUT2D eigenvalue weighted by Gasteiger charge is 2.19. The van der Waals surface area contributed by atoms with Crippen molar-refractivity contribution in [3.8, 4) is 11.5 Å². The molecule has 1 N–H and O–H groups in total. The summed E-state index contributed by atoms with van der Waals surface area (Å²) in [5, 5.41) is 8.99. The Kier molecular flexibility index (Phi) is 6.68. The molecular weight excluding hydrogens is 308 g/mol. The van der Waals surface area contributed by atoms with Crippen molar-refractivity contribution in [1.82, 2.24) is 0 Å². The lowest BCUT2D eigenvalue weighted by molar-refractivity contribution is -0.136. The van der Waals surface area contributed by atoms with E-state index in [9.17, 15) is 9.59 Å². The molecule has 1 rings (SSSR count). The van der Waals surface area contributed by atoms with Gasteiger partial charge in [0.2, 0.25) is 0 Å². The van der Waals surface area contributed by atoms with Gasteiger partial charge in [-0.1, -0.05) is 11.6 Å². The van der Waals surface area contributed by atoms with Gasteiger partial charge in [-0.25, -0.2) is 0 Å². The van der Waals surface area contributed by atoms with Crippen LogP contribution in [0.15, 0.2) is 12.1 Å². The van der Waals surface area contributed by atoms with Gasteiger partial charge in [0.05, 0.1) is 29.2 Å². The highest BCUT2D eigenvalue weighted by molar-refractivity contribution is 6.32. The van der Waals surface area contributed by atoms with Crippen molar-refractivity contribution >= 4 is 23.4 Å². The third-order valence-corrected chi connectivity index (χ3v) is 2.92. The van der Waals surface area contributed by atoms with Gasteiger partial charge in [-0.3, -0.25) is 9.59 Å². The maximum absolute atomic E-state index is 12.2. The first-order valence-electron chi connectivity index (χ1n) is 7.12. The number of benzene rings is 1. The number of carbonyl (C=O) groups is 2. The molecule has 0 aliphatic heterocycles. The molecule has 0 atom stereocenters. The number of carbonyl (C=O) groups excluding carboxylic acids is 1. The van der Waals surface area contributed by atoms with E-state index in [4.69, 9.17) is 26.2 Å². The number of hydrogen-bond donors (Lipinski definition) is 1. The van der Waals surface area contributed by atoms with Crippen LogP contribution >= 0.6 is 11.6 Å². The summed E-state index contributed by atoms with van der Waals surface area (Å²) in [5.41, 5.74) is 0.274. The molecule has 0 fully saturated rings. The molecule has 0 saturated heterocycles. The van der Waals surface area contributed by atoms with E-state index in [1.807, 2.05) is 27.7 Å². The standard InChI is InChI=1S/C16H21ClO5/c1-9(2)21-14-8-15(22-10(3)4)12(17)7-11(14)13(18)5-6-16(19)20/h7-10H,5-6H2,1-4H3,(H,19,20). The first-order chi connectivity index (χ1) is 10.2. The fourth-order valence-electron chi connectivity index (χ4n) is 1.80. The molecule has 5 nitrogen and oxygen atoms in total. The van der Waals surface area contributed by atoms with Crippen molar-refractivity contribution in [3.05, 3.63) is 22.7 Å². The van der Waals surface area contributed by atoms with Gasteiger partial charge in [0, 0.05) is 12.5 Å². The SMILES string of the molecule is CC(C)Oc1cc(OC(C)C)c(C(=O)CCC(=O)O)cc1Cl. The number of aliphatic carboxylic acids is 1. The van der Waals surface area contributed by atoms with Gasteiger partial charge in [0.25, 0.3) is 0 Å². The highest BCUT2D eigenvalue weighted by atomic mass is 35.5. The number of Topliss-reactive ketones (excluding diaryl/α,β-unsaturated/α-hetero) is 1. The zero-order valence-corrected chi connectivity index (χ0v) is 13.9. The molecule has 0 aliphatic carbocycles. The second-order valence-electron chi connectivity index (χ2n) is 5.43. The Hall–Kier alpha value is -1.75. The van der Waals surface area contributed by atoms with Crippen LogP contribution in [0.1, 0.15) is 50.9 Å². The number of ether oxygens (including phenoxy) is 2. The van der Waals surface area contributed by atoms with Gasteiger partial charge in [-0.05, 0) is 33.8 Å². The molecule has 0 amide bonds. The van der Waals surface area contributed by atoms with Crippen LogP contribution in [0.25, 0.3) is 0 Å². The summed E-state index contributed by atoms with van der Waals surface area (Å²) in [6.45, 7) is 7.41. The van der Waals surface area contributed by atoms with Crippen molar-refractivity contribution in [2.24, 2.45) is 0 Å². The second kappa shape index (κ2) is 8.03. The molecule has 22 heavy (non-hydrogen) atoms. The van der Waals surface area contributed by atoms with Crippen molar-refractivity contribution in [2.45, 2.75) is 52.7 Å². The molecule has 0 aliphatic rings. The molecule has 0 aromatic heterocycles. The lowest BCUT2D eigenvalue weighted by atomic mass is 10.0. The Bertz CT molecular complexity index is 552. The monoisotopic (exact) mass is 328 g/mol.